The average molecular weight is 297 g/mol. The van der Waals surface area contributed by atoms with Crippen LogP contribution in [0, 0.1) is 5.92 Å². The van der Waals surface area contributed by atoms with Gasteiger partial charge in [0.1, 0.15) is 0 Å². The van der Waals surface area contributed by atoms with Crippen LogP contribution >= 0.6 is 11.3 Å². The lowest BCUT2D eigenvalue weighted by Crippen LogP contribution is -2.46. The van der Waals surface area contributed by atoms with Gasteiger partial charge in [0.2, 0.25) is 0 Å². The summed E-state index contributed by atoms with van der Waals surface area (Å²) in [6.45, 7) is 1.73. The second kappa shape index (κ2) is 6.69. The van der Waals surface area contributed by atoms with E-state index in [2.05, 4.69) is 4.98 Å². The number of carbonyl (C=O) groups excluding carboxylic acids is 1. The highest BCUT2D eigenvalue weighted by Crippen LogP contribution is 2.20. The van der Waals surface area contributed by atoms with Crippen LogP contribution in [0.1, 0.15) is 25.0 Å². The van der Waals surface area contributed by atoms with E-state index >= 15 is 0 Å². The zero-order valence-electron chi connectivity index (χ0n) is 11.5. The Bertz CT molecular complexity index is 463. The Morgan fingerprint density at radius 3 is 3.05 bits per heavy atom. The number of thiazole rings is 1. The minimum atomic E-state index is -0.792. The molecule has 0 spiro atoms. The number of aromatic nitrogens is 1. The lowest BCUT2D eigenvalue weighted by atomic mass is 9.95. The first-order chi connectivity index (χ1) is 9.56. The molecule has 1 aliphatic rings. The quantitative estimate of drug-likeness (QED) is 0.921. The predicted molar refractivity (Wildman–Crippen MR) is 75.5 cm³/mol. The molecule has 0 aromatic carbocycles. The van der Waals surface area contributed by atoms with Crippen LogP contribution in [-0.2, 0) is 11.3 Å². The van der Waals surface area contributed by atoms with Gasteiger partial charge in [0, 0.05) is 31.9 Å². The summed E-state index contributed by atoms with van der Waals surface area (Å²) in [5, 5.41) is 10.8. The molecule has 7 heteroatoms. The number of carbonyl (C=O) groups is 2. The van der Waals surface area contributed by atoms with E-state index in [1.54, 1.807) is 22.4 Å². The standard InChI is InChI=1S/C13H19N3O3S/c1-15(7-11-8-20-9-14-11)13(19)16-4-2-3-10(6-16)5-12(17)18/h8-10H,2-7H2,1H3,(H,17,18). The van der Waals surface area contributed by atoms with Gasteiger partial charge < -0.3 is 14.9 Å². The molecule has 0 saturated carbocycles. The van der Waals surface area contributed by atoms with Gasteiger partial charge in [0.15, 0.2) is 0 Å². The summed E-state index contributed by atoms with van der Waals surface area (Å²) in [6, 6.07) is -0.0481. The van der Waals surface area contributed by atoms with Crippen LogP contribution in [0.25, 0.3) is 0 Å². The van der Waals surface area contributed by atoms with Crippen molar-refractivity contribution in [3.8, 4) is 0 Å². The summed E-state index contributed by atoms with van der Waals surface area (Å²) >= 11 is 1.51. The van der Waals surface area contributed by atoms with E-state index in [4.69, 9.17) is 5.11 Å². The maximum Gasteiger partial charge on any atom is 0.320 e. The first kappa shape index (κ1) is 14.8. The zero-order chi connectivity index (χ0) is 14.5. The number of aliphatic carboxylic acids is 1. The van der Waals surface area contributed by atoms with Crippen LogP contribution in [0.2, 0.25) is 0 Å². The van der Waals surface area contributed by atoms with Gasteiger partial charge in [-0.05, 0) is 18.8 Å². The van der Waals surface area contributed by atoms with Crippen molar-refractivity contribution in [2.45, 2.75) is 25.8 Å². The van der Waals surface area contributed by atoms with Crippen molar-refractivity contribution in [1.29, 1.82) is 0 Å². The van der Waals surface area contributed by atoms with Crippen LogP contribution in [0.5, 0.6) is 0 Å². The molecule has 1 aromatic heterocycles. The Hall–Kier alpha value is -1.63. The van der Waals surface area contributed by atoms with Crippen LogP contribution in [-0.4, -0.2) is 52.0 Å². The fourth-order valence-corrected chi connectivity index (χ4v) is 3.07. The number of nitrogens with zero attached hydrogens (tertiary/aromatic N) is 3. The Labute approximate surface area is 122 Å². The van der Waals surface area contributed by atoms with Crippen molar-refractivity contribution >= 4 is 23.3 Å². The van der Waals surface area contributed by atoms with E-state index in [9.17, 15) is 9.59 Å². The molecule has 0 radical (unpaired) electrons. The van der Waals surface area contributed by atoms with Crippen molar-refractivity contribution in [3.63, 3.8) is 0 Å². The van der Waals surface area contributed by atoms with Gasteiger partial charge in [-0.2, -0.15) is 0 Å². The highest BCUT2D eigenvalue weighted by atomic mass is 32.1. The van der Waals surface area contributed by atoms with Gasteiger partial charge >= 0.3 is 12.0 Å². The van der Waals surface area contributed by atoms with E-state index in [0.29, 0.717) is 19.6 Å². The Kier molecular flexibility index (Phi) is 4.94. The van der Waals surface area contributed by atoms with Gasteiger partial charge in [-0.25, -0.2) is 9.78 Å². The second-order valence-corrected chi connectivity index (χ2v) is 5.89. The molecule has 2 rings (SSSR count). The normalized spacial score (nSPS) is 18.9. The van der Waals surface area contributed by atoms with E-state index < -0.39 is 5.97 Å². The van der Waals surface area contributed by atoms with Crippen LogP contribution in [0.3, 0.4) is 0 Å². The van der Waals surface area contributed by atoms with Crippen molar-refractivity contribution in [3.05, 3.63) is 16.6 Å². The third-order valence-corrected chi connectivity index (χ3v) is 4.10. The molecule has 1 saturated heterocycles. The molecule has 1 aliphatic heterocycles. The van der Waals surface area contributed by atoms with Crippen LogP contribution in [0.4, 0.5) is 4.79 Å². The molecule has 1 aromatic rings. The fourth-order valence-electron chi connectivity index (χ4n) is 2.52. The first-order valence-electron chi connectivity index (χ1n) is 6.65. The summed E-state index contributed by atoms with van der Waals surface area (Å²) in [5.41, 5.74) is 2.63. The maximum absolute atomic E-state index is 12.3. The van der Waals surface area contributed by atoms with E-state index in [0.717, 1.165) is 18.5 Å². The first-order valence-corrected chi connectivity index (χ1v) is 7.59. The molecule has 0 bridgehead atoms. The molecule has 1 atom stereocenters. The number of rotatable bonds is 4. The largest absolute Gasteiger partial charge is 0.481 e. The molecule has 110 valence electrons. The molecular weight excluding hydrogens is 278 g/mol. The van der Waals surface area contributed by atoms with E-state index in [1.165, 1.54) is 11.3 Å². The third kappa shape index (κ3) is 3.93. The van der Waals surface area contributed by atoms with Gasteiger partial charge in [-0.1, -0.05) is 0 Å². The second-order valence-electron chi connectivity index (χ2n) is 5.17. The van der Waals surface area contributed by atoms with Crippen molar-refractivity contribution < 1.29 is 14.7 Å². The minimum Gasteiger partial charge on any atom is -0.481 e. The summed E-state index contributed by atoms with van der Waals surface area (Å²) in [5.74, 6) is -0.724. The number of hydrogen-bond acceptors (Lipinski definition) is 4. The Morgan fingerprint density at radius 2 is 2.40 bits per heavy atom. The number of carboxylic acids is 1. The molecule has 1 fully saturated rings. The predicted octanol–water partition coefficient (Wildman–Crippen LogP) is 1.88. The number of likely N-dealkylation sites (tertiary alicyclic amines) is 1. The molecule has 0 aliphatic carbocycles. The molecule has 20 heavy (non-hydrogen) atoms. The lowest BCUT2D eigenvalue weighted by Gasteiger charge is -2.34. The Balaban J connectivity index is 1.89. The summed E-state index contributed by atoms with van der Waals surface area (Å²) < 4.78 is 0. The molecule has 2 heterocycles. The van der Waals surface area contributed by atoms with Gasteiger partial charge in [-0.15, -0.1) is 11.3 Å². The fraction of sp³-hybridized carbons (Fsp3) is 0.615. The molecular formula is C13H19N3O3S. The third-order valence-electron chi connectivity index (χ3n) is 3.46. The summed E-state index contributed by atoms with van der Waals surface area (Å²) in [6.07, 6.45) is 1.89. The molecule has 1 unspecified atom stereocenters. The summed E-state index contributed by atoms with van der Waals surface area (Å²) in [4.78, 5) is 30.7. The van der Waals surface area contributed by atoms with E-state index in [-0.39, 0.29) is 18.4 Å². The van der Waals surface area contributed by atoms with Gasteiger partial charge in [0.05, 0.1) is 17.7 Å². The van der Waals surface area contributed by atoms with Gasteiger partial charge in [0.25, 0.3) is 0 Å². The minimum absolute atomic E-state index is 0.0481. The summed E-state index contributed by atoms with van der Waals surface area (Å²) in [7, 11) is 1.75. The van der Waals surface area contributed by atoms with E-state index in [1.807, 2.05) is 5.38 Å². The molecule has 1 N–H and O–H groups in total. The van der Waals surface area contributed by atoms with Gasteiger partial charge in [-0.3, -0.25) is 4.79 Å². The monoisotopic (exact) mass is 297 g/mol. The number of hydrogen-bond donors (Lipinski definition) is 1. The van der Waals surface area contributed by atoms with Crippen molar-refractivity contribution in [2.75, 3.05) is 20.1 Å². The van der Waals surface area contributed by atoms with Crippen LogP contribution in [0.15, 0.2) is 10.9 Å². The Morgan fingerprint density at radius 1 is 1.60 bits per heavy atom. The number of piperidine rings is 1. The molecule has 2 amide bonds. The van der Waals surface area contributed by atoms with Crippen LogP contribution < -0.4 is 0 Å². The topological polar surface area (TPSA) is 73.7 Å². The number of amides is 2. The highest BCUT2D eigenvalue weighted by molar-refractivity contribution is 7.07. The maximum atomic E-state index is 12.3. The SMILES string of the molecule is CN(Cc1cscn1)C(=O)N1CCCC(CC(=O)O)C1. The van der Waals surface area contributed by atoms with Crippen molar-refractivity contribution in [2.24, 2.45) is 5.92 Å². The lowest BCUT2D eigenvalue weighted by molar-refractivity contribution is -0.138. The smallest absolute Gasteiger partial charge is 0.320 e. The number of urea groups is 1. The zero-order valence-corrected chi connectivity index (χ0v) is 12.3. The highest BCUT2D eigenvalue weighted by Gasteiger charge is 2.27. The van der Waals surface area contributed by atoms with Crippen molar-refractivity contribution in [1.82, 2.24) is 14.8 Å². The molecule has 6 nitrogen and oxygen atoms in total. The average Bonchev–Trinajstić information content (AvgIpc) is 2.90. The number of carboxylic acid groups (broad SMARTS) is 1.